The summed E-state index contributed by atoms with van der Waals surface area (Å²) in [7, 11) is 1.64. The van der Waals surface area contributed by atoms with E-state index in [0.717, 1.165) is 30.0 Å². The first kappa shape index (κ1) is 11.9. The molecule has 1 aromatic carbocycles. The molecule has 0 aliphatic rings. The van der Waals surface area contributed by atoms with Gasteiger partial charge in [0.15, 0.2) is 0 Å². The predicted molar refractivity (Wildman–Crippen MR) is 64.0 cm³/mol. The zero-order valence-electron chi connectivity index (χ0n) is 9.71. The van der Waals surface area contributed by atoms with E-state index in [0.29, 0.717) is 6.04 Å². The molecule has 0 fully saturated rings. The molecule has 0 heterocycles. The Morgan fingerprint density at radius 3 is 2.73 bits per heavy atom. The molecular formula is C12H20N2O. The van der Waals surface area contributed by atoms with Gasteiger partial charge in [0.2, 0.25) is 0 Å². The number of benzene rings is 1. The van der Waals surface area contributed by atoms with Gasteiger partial charge in [0.1, 0.15) is 5.75 Å². The molecule has 3 heteroatoms. The van der Waals surface area contributed by atoms with Crippen molar-refractivity contribution in [2.24, 2.45) is 0 Å². The summed E-state index contributed by atoms with van der Waals surface area (Å²) in [5.41, 5.74) is 7.81. The molecule has 0 amide bonds. The number of ether oxygens (including phenoxy) is 1. The summed E-state index contributed by atoms with van der Waals surface area (Å²) in [6.07, 6.45) is 1.12. The fourth-order valence-electron chi connectivity index (χ4n) is 1.29. The summed E-state index contributed by atoms with van der Waals surface area (Å²) in [4.78, 5) is 0. The number of methoxy groups -OCH3 is 1. The third-order valence-corrected chi connectivity index (χ3v) is 2.61. The maximum atomic E-state index is 5.90. The van der Waals surface area contributed by atoms with Gasteiger partial charge in [-0.15, -0.1) is 0 Å². The molecule has 1 rings (SSSR count). The largest absolute Gasteiger partial charge is 0.497 e. The Balaban J connectivity index is 2.62. The molecule has 0 aliphatic heterocycles. The van der Waals surface area contributed by atoms with Crippen LogP contribution in [0.15, 0.2) is 18.2 Å². The summed E-state index contributed by atoms with van der Waals surface area (Å²) in [6.45, 7) is 5.14. The van der Waals surface area contributed by atoms with Gasteiger partial charge in [-0.2, -0.15) is 0 Å². The van der Waals surface area contributed by atoms with Crippen molar-refractivity contribution < 1.29 is 4.74 Å². The summed E-state index contributed by atoms with van der Waals surface area (Å²) >= 11 is 0. The second-order valence-corrected chi connectivity index (χ2v) is 3.75. The van der Waals surface area contributed by atoms with Crippen LogP contribution in [-0.2, 0) is 6.54 Å². The lowest BCUT2D eigenvalue weighted by Crippen LogP contribution is -2.24. The van der Waals surface area contributed by atoms with Gasteiger partial charge in [-0.3, -0.25) is 0 Å². The molecule has 3 nitrogen and oxygen atoms in total. The van der Waals surface area contributed by atoms with E-state index in [9.17, 15) is 0 Å². The second kappa shape index (κ2) is 5.61. The fourth-order valence-corrected chi connectivity index (χ4v) is 1.29. The van der Waals surface area contributed by atoms with Gasteiger partial charge in [-0.1, -0.05) is 13.0 Å². The van der Waals surface area contributed by atoms with Crippen LogP contribution in [0.25, 0.3) is 0 Å². The molecule has 0 saturated heterocycles. The van der Waals surface area contributed by atoms with Crippen LogP contribution in [-0.4, -0.2) is 13.2 Å². The molecule has 15 heavy (non-hydrogen) atoms. The Hall–Kier alpha value is -1.22. The first-order valence-electron chi connectivity index (χ1n) is 5.33. The first-order valence-corrected chi connectivity index (χ1v) is 5.33. The molecule has 3 N–H and O–H groups in total. The number of hydrogen-bond acceptors (Lipinski definition) is 3. The number of nitrogens with two attached hydrogens (primary N) is 1. The topological polar surface area (TPSA) is 47.3 Å². The Kier molecular flexibility index (Phi) is 4.43. The van der Waals surface area contributed by atoms with E-state index in [4.69, 9.17) is 10.5 Å². The van der Waals surface area contributed by atoms with Crippen molar-refractivity contribution in [2.75, 3.05) is 12.8 Å². The smallest absolute Gasteiger partial charge is 0.120 e. The molecule has 0 aromatic heterocycles. The van der Waals surface area contributed by atoms with E-state index < -0.39 is 0 Å². The van der Waals surface area contributed by atoms with E-state index in [-0.39, 0.29) is 0 Å². The van der Waals surface area contributed by atoms with Crippen LogP contribution in [0.3, 0.4) is 0 Å². The highest BCUT2D eigenvalue weighted by Gasteiger charge is 2.02. The van der Waals surface area contributed by atoms with Crippen LogP contribution < -0.4 is 15.8 Å². The van der Waals surface area contributed by atoms with E-state index in [1.807, 2.05) is 18.2 Å². The highest BCUT2D eigenvalue weighted by molar-refractivity contribution is 5.51. The lowest BCUT2D eigenvalue weighted by molar-refractivity contribution is 0.415. The van der Waals surface area contributed by atoms with Crippen molar-refractivity contribution in [1.82, 2.24) is 5.32 Å². The highest BCUT2D eigenvalue weighted by atomic mass is 16.5. The van der Waals surface area contributed by atoms with Gasteiger partial charge >= 0.3 is 0 Å². The maximum Gasteiger partial charge on any atom is 0.120 e. The van der Waals surface area contributed by atoms with Crippen molar-refractivity contribution in [2.45, 2.75) is 32.9 Å². The molecular weight excluding hydrogens is 188 g/mol. The fraction of sp³-hybridized carbons (Fsp3) is 0.500. The standard InChI is InChI=1S/C12H20N2O/c1-4-9(2)14-8-10-5-6-11(15-3)7-12(10)13/h5-7,9,14H,4,8,13H2,1-3H3. The van der Waals surface area contributed by atoms with Crippen LogP contribution in [0.2, 0.25) is 0 Å². The minimum Gasteiger partial charge on any atom is -0.497 e. The van der Waals surface area contributed by atoms with E-state index in [2.05, 4.69) is 19.2 Å². The molecule has 0 aliphatic carbocycles. The highest BCUT2D eigenvalue weighted by Crippen LogP contribution is 2.19. The van der Waals surface area contributed by atoms with Crippen LogP contribution in [0.5, 0.6) is 5.75 Å². The van der Waals surface area contributed by atoms with Gasteiger partial charge in [-0.25, -0.2) is 0 Å². The van der Waals surface area contributed by atoms with Gasteiger partial charge in [0.25, 0.3) is 0 Å². The Bertz CT molecular complexity index is 312. The Labute approximate surface area is 91.6 Å². The number of rotatable bonds is 5. The van der Waals surface area contributed by atoms with Crippen LogP contribution in [0, 0.1) is 0 Å². The Morgan fingerprint density at radius 1 is 1.47 bits per heavy atom. The summed E-state index contributed by atoms with van der Waals surface area (Å²) in [5, 5.41) is 3.41. The van der Waals surface area contributed by atoms with Crippen LogP contribution >= 0.6 is 0 Å². The second-order valence-electron chi connectivity index (χ2n) is 3.75. The normalized spacial score (nSPS) is 12.5. The number of anilines is 1. The average molecular weight is 208 g/mol. The van der Waals surface area contributed by atoms with E-state index in [1.165, 1.54) is 0 Å². The quantitative estimate of drug-likeness (QED) is 0.729. The minimum absolute atomic E-state index is 0.520. The molecule has 1 atom stereocenters. The SMILES string of the molecule is CCC(C)NCc1ccc(OC)cc1N. The lowest BCUT2D eigenvalue weighted by Gasteiger charge is -2.13. The summed E-state index contributed by atoms with van der Waals surface area (Å²) in [6, 6.07) is 6.31. The van der Waals surface area contributed by atoms with Crippen LogP contribution in [0.4, 0.5) is 5.69 Å². The molecule has 0 saturated carbocycles. The van der Waals surface area contributed by atoms with Gasteiger partial charge in [-0.05, 0) is 25.0 Å². The average Bonchev–Trinajstić information content (AvgIpc) is 2.26. The van der Waals surface area contributed by atoms with Gasteiger partial charge in [0.05, 0.1) is 7.11 Å². The minimum atomic E-state index is 0.520. The van der Waals surface area contributed by atoms with Crippen molar-refractivity contribution in [3.05, 3.63) is 23.8 Å². The lowest BCUT2D eigenvalue weighted by atomic mass is 10.1. The molecule has 1 unspecified atom stereocenters. The predicted octanol–water partition coefficient (Wildman–Crippen LogP) is 2.17. The van der Waals surface area contributed by atoms with Crippen molar-refractivity contribution >= 4 is 5.69 Å². The molecule has 84 valence electrons. The third kappa shape index (κ3) is 3.44. The number of hydrogen-bond donors (Lipinski definition) is 2. The van der Waals surface area contributed by atoms with Crippen LogP contribution in [0.1, 0.15) is 25.8 Å². The van der Waals surface area contributed by atoms with Crippen molar-refractivity contribution in [1.29, 1.82) is 0 Å². The zero-order valence-corrected chi connectivity index (χ0v) is 9.71. The van der Waals surface area contributed by atoms with E-state index in [1.54, 1.807) is 7.11 Å². The molecule has 0 bridgehead atoms. The first-order chi connectivity index (χ1) is 7.17. The maximum absolute atomic E-state index is 5.90. The van der Waals surface area contributed by atoms with E-state index >= 15 is 0 Å². The van der Waals surface area contributed by atoms with Crippen molar-refractivity contribution in [3.8, 4) is 5.75 Å². The van der Waals surface area contributed by atoms with Crippen molar-refractivity contribution in [3.63, 3.8) is 0 Å². The van der Waals surface area contributed by atoms with Gasteiger partial charge in [0, 0.05) is 24.3 Å². The molecule has 0 spiro atoms. The monoisotopic (exact) mass is 208 g/mol. The zero-order chi connectivity index (χ0) is 11.3. The third-order valence-electron chi connectivity index (χ3n) is 2.61. The number of nitrogen functional groups attached to an aromatic ring is 1. The summed E-state index contributed by atoms with van der Waals surface area (Å²) in [5.74, 6) is 0.805. The summed E-state index contributed by atoms with van der Waals surface area (Å²) < 4.78 is 5.10. The number of nitrogens with one attached hydrogen (secondary N) is 1. The van der Waals surface area contributed by atoms with Gasteiger partial charge < -0.3 is 15.8 Å². The Morgan fingerprint density at radius 2 is 2.20 bits per heavy atom. The molecule has 1 aromatic rings. The molecule has 0 radical (unpaired) electrons.